The van der Waals surface area contributed by atoms with Crippen molar-refractivity contribution >= 4 is 21.8 Å². The third kappa shape index (κ3) is 2.23. The molecule has 1 aliphatic rings. The largest absolute Gasteiger partial charge is 0.458 e. The Bertz CT molecular complexity index is 364. The number of carbonyl (C=O) groups is 1. The molecule has 0 spiro atoms. The highest BCUT2D eigenvalue weighted by Crippen LogP contribution is 2.19. The van der Waals surface area contributed by atoms with E-state index < -0.39 is 0 Å². The molecular weight excluding hydrogens is 260 g/mol. The van der Waals surface area contributed by atoms with E-state index in [9.17, 15) is 4.79 Å². The smallest absolute Gasteiger partial charge is 0.290 e. The lowest BCUT2D eigenvalue weighted by molar-refractivity contribution is 0.0675. The Morgan fingerprint density at radius 1 is 1.73 bits per heavy atom. The van der Waals surface area contributed by atoms with Crippen molar-refractivity contribution in [1.29, 1.82) is 0 Å². The number of rotatable bonds is 1. The molecule has 1 aromatic rings. The van der Waals surface area contributed by atoms with Crippen LogP contribution in [-0.2, 0) is 0 Å². The zero-order chi connectivity index (χ0) is 10.8. The number of hydrogen-bond donors (Lipinski definition) is 1. The summed E-state index contributed by atoms with van der Waals surface area (Å²) >= 11 is 3.29. The quantitative estimate of drug-likeness (QED) is 0.843. The Morgan fingerprint density at radius 3 is 3.13 bits per heavy atom. The predicted molar refractivity (Wildman–Crippen MR) is 59.8 cm³/mol. The van der Waals surface area contributed by atoms with Crippen molar-refractivity contribution in [2.75, 3.05) is 19.6 Å². The van der Waals surface area contributed by atoms with Crippen LogP contribution in [0, 0.1) is 0 Å². The van der Waals surface area contributed by atoms with E-state index in [4.69, 9.17) is 4.42 Å². The Balaban J connectivity index is 2.11. The summed E-state index contributed by atoms with van der Waals surface area (Å²) in [7, 11) is 0. The molecule has 2 rings (SSSR count). The van der Waals surface area contributed by atoms with Gasteiger partial charge in [0.2, 0.25) is 5.76 Å². The molecule has 4 nitrogen and oxygen atoms in total. The van der Waals surface area contributed by atoms with Gasteiger partial charge in [-0.05, 0) is 28.9 Å². The van der Waals surface area contributed by atoms with Crippen LogP contribution in [0.5, 0.6) is 0 Å². The maximum absolute atomic E-state index is 12.0. The molecule has 0 bridgehead atoms. The van der Waals surface area contributed by atoms with Crippen molar-refractivity contribution in [1.82, 2.24) is 10.2 Å². The summed E-state index contributed by atoms with van der Waals surface area (Å²) in [5.41, 5.74) is 0. The molecule has 1 amide bonds. The van der Waals surface area contributed by atoms with E-state index in [1.807, 2.05) is 4.90 Å². The van der Waals surface area contributed by atoms with Gasteiger partial charge in [-0.1, -0.05) is 0 Å². The van der Waals surface area contributed by atoms with Crippen molar-refractivity contribution in [3.05, 3.63) is 22.6 Å². The Hall–Kier alpha value is -0.810. The zero-order valence-electron chi connectivity index (χ0n) is 8.50. The van der Waals surface area contributed by atoms with Crippen LogP contribution in [0.15, 0.2) is 21.2 Å². The summed E-state index contributed by atoms with van der Waals surface area (Å²) in [5, 5.41) is 3.29. The summed E-state index contributed by atoms with van der Waals surface area (Å²) in [6, 6.07) is 2.08. The van der Waals surface area contributed by atoms with Gasteiger partial charge in [0.25, 0.3) is 5.91 Å². The lowest BCUT2D eigenvalue weighted by Gasteiger charge is -2.31. The zero-order valence-corrected chi connectivity index (χ0v) is 10.1. The first-order valence-electron chi connectivity index (χ1n) is 4.94. The molecule has 0 aliphatic carbocycles. The van der Waals surface area contributed by atoms with Crippen molar-refractivity contribution < 1.29 is 9.21 Å². The lowest BCUT2D eigenvalue weighted by atomic mass is 10.2. The van der Waals surface area contributed by atoms with Crippen LogP contribution < -0.4 is 5.32 Å². The molecule has 15 heavy (non-hydrogen) atoms. The lowest BCUT2D eigenvalue weighted by Crippen LogP contribution is -2.51. The van der Waals surface area contributed by atoms with Crippen LogP contribution in [-0.4, -0.2) is 36.5 Å². The predicted octanol–water partition coefficient (Wildman–Crippen LogP) is 1.48. The minimum Gasteiger partial charge on any atom is -0.458 e. The number of carbonyl (C=O) groups excluding carboxylic acids is 1. The first-order valence-corrected chi connectivity index (χ1v) is 5.73. The fourth-order valence-electron chi connectivity index (χ4n) is 1.71. The number of amides is 1. The molecule has 1 N–H and O–H groups in total. The number of piperazine rings is 1. The van der Waals surface area contributed by atoms with Gasteiger partial charge in [-0.2, -0.15) is 0 Å². The summed E-state index contributed by atoms with van der Waals surface area (Å²) in [4.78, 5) is 13.8. The van der Waals surface area contributed by atoms with Crippen LogP contribution in [0.3, 0.4) is 0 Å². The third-order valence-corrected chi connectivity index (χ3v) is 3.09. The highest BCUT2D eigenvalue weighted by atomic mass is 79.9. The van der Waals surface area contributed by atoms with Crippen molar-refractivity contribution in [2.45, 2.75) is 13.0 Å². The highest BCUT2D eigenvalue weighted by molar-refractivity contribution is 9.10. The van der Waals surface area contributed by atoms with Crippen LogP contribution in [0.4, 0.5) is 0 Å². The topological polar surface area (TPSA) is 45.5 Å². The number of halogens is 1. The molecular formula is C10H13BrN2O2. The van der Waals surface area contributed by atoms with Gasteiger partial charge in [0.05, 0.1) is 10.7 Å². The molecule has 1 atom stereocenters. The van der Waals surface area contributed by atoms with Crippen LogP contribution in [0.2, 0.25) is 0 Å². The van der Waals surface area contributed by atoms with Crippen molar-refractivity contribution in [2.24, 2.45) is 0 Å². The first-order chi connectivity index (χ1) is 7.18. The first kappa shape index (κ1) is 10.7. The second-order valence-corrected chi connectivity index (χ2v) is 4.56. The molecule has 1 aromatic heterocycles. The molecule has 2 heterocycles. The van der Waals surface area contributed by atoms with E-state index in [2.05, 4.69) is 28.2 Å². The van der Waals surface area contributed by atoms with Gasteiger partial charge in [-0.3, -0.25) is 4.79 Å². The average Bonchev–Trinajstić information content (AvgIpc) is 2.63. The average molecular weight is 273 g/mol. The summed E-state index contributed by atoms with van der Waals surface area (Å²) in [6.07, 6.45) is 1.52. The van der Waals surface area contributed by atoms with E-state index in [0.29, 0.717) is 11.8 Å². The molecule has 82 valence electrons. The van der Waals surface area contributed by atoms with E-state index >= 15 is 0 Å². The Kier molecular flexibility index (Phi) is 3.11. The summed E-state index contributed by atoms with van der Waals surface area (Å²) in [5.74, 6) is 0.351. The van der Waals surface area contributed by atoms with E-state index in [1.165, 1.54) is 6.26 Å². The summed E-state index contributed by atoms with van der Waals surface area (Å²) < 4.78 is 5.88. The molecule has 0 aromatic carbocycles. The van der Waals surface area contributed by atoms with Gasteiger partial charge in [0.15, 0.2) is 0 Å². The second kappa shape index (κ2) is 4.37. The van der Waals surface area contributed by atoms with Crippen LogP contribution in [0.1, 0.15) is 17.5 Å². The van der Waals surface area contributed by atoms with Gasteiger partial charge in [-0.15, -0.1) is 0 Å². The van der Waals surface area contributed by atoms with Gasteiger partial charge in [-0.25, -0.2) is 0 Å². The standard InChI is InChI=1S/C10H13BrN2O2/c1-7-6-13(4-3-12-7)10(14)9-8(11)2-5-15-9/h2,5,7,12H,3-4,6H2,1H3/t7-/m0/s1. The van der Waals surface area contributed by atoms with Gasteiger partial charge >= 0.3 is 0 Å². The third-order valence-electron chi connectivity index (χ3n) is 2.47. The molecule has 0 saturated carbocycles. The van der Waals surface area contributed by atoms with E-state index in [-0.39, 0.29) is 5.91 Å². The normalized spacial score (nSPS) is 21.7. The molecule has 5 heteroatoms. The van der Waals surface area contributed by atoms with Gasteiger partial charge in [0.1, 0.15) is 0 Å². The van der Waals surface area contributed by atoms with E-state index in [0.717, 1.165) is 24.1 Å². The van der Waals surface area contributed by atoms with Gasteiger partial charge in [0, 0.05) is 25.7 Å². The fourth-order valence-corrected chi connectivity index (χ4v) is 2.08. The molecule has 1 fully saturated rings. The molecule has 1 saturated heterocycles. The number of hydrogen-bond acceptors (Lipinski definition) is 3. The van der Waals surface area contributed by atoms with Crippen molar-refractivity contribution in [3.63, 3.8) is 0 Å². The molecule has 0 radical (unpaired) electrons. The minimum atomic E-state index is -0.0415. The second-order valence-electron chi connectivity index (χ2n) is 3.70. The monoisotopic (exact) mass is 272 g/mol. The molecule has 1 aliphatic heterocycles. The van der Waals surface area contributed by atoms with Crippen molar-refractivity contribution in [3.8, 4) is 0 Å². The SMILES string of the molecule is C[C@H]1CN(C(=O)c2occc2Br)CCN1. The molecule has 0 unspecified atom stereocenters. The number of nitrogens with zero attached hydrogens (tertiary/aromatic N) is 1. The number of nitrogens with one attached hydrogen (secondary N) is 1. The van der Waals surface area contributed by atoms with Crippen LogP contribution in [0.25, 0.3) is 0 Å². The Morgan fingerprint density at radius 2 is 2.53 bits per heavy atom. The minimum absolute atomic E-state index is 0.0415. The highest BCUT2D eigenvalue weighted by Gasteiger charge is 2.24. The van der Waals surface area contributed by atoms with Gasteiger partial charge < -0.3 is 14.6 Å². The Labute approximate surface area is 96.7 Å². The van der Waals surface area contributed by atoms with Crippen LogP contribution >= 0.6 is 15.9 Å². The maximum Gasteiger partial charge on any atom is 0.290 e. The fraction of sp³-hybridized carbons (Fsp3) is 0.500. The maximum atomic E-state index is 12.0. The summed E-state index contributed by atoms with van der Waals surface area (Å²) in [6.45, 7) is 4.37. The van der Waals surface area contributed by atoms with E-state index in [1.54, 1.807) is 6.07 Å². The number of furan rings is 1.